The van der Waals surface area contributed by atoms with E-state index in [0.717, 1.165) is 0 Å². The molecule has 0 radical (unpaired) electrons. The summed E-state index contributed by atoms with van der Waals surface area (Å²) in [7, 11) is 0. The summed E-state index contributed by atoms with van der Waals surface area (Å²) in [6.45, 7) is 0. The molecular formula is C26HF51O2. The minimum atomic E-state index is -11.0. The van der Waals surface area contributed by atoms with Crippen molar-refractivity contribution in [2.24, 2.45) is 0 Å². The average Bonchev–Trinajstić information content (AvgIpc) is 3.20. The lowest BCUT2D eigenvalue weighted by Gasteiger charge is -2.48. The average molecular weight is 1310 g/mol. The van der Waals surface area contributed by atoms with Gasteiger partial charge in [-0.3, -0.25) is 0 Å². The van der Waals surface area contributed by atoms with Crippen molar-refractivity contribution in [2.75, 3.05) is 0 Å². The summed E-state index contributed by atoms with van der Waals surface area (Å²) in [5.74, 6) is -237. The molecule has 53 heteroatoms. The summed E-state index contributed by atoms with van der Waals surface area (Å²) >= 11 is 0. The van der Waals surface area contributed by atoms with Crippen molar-refractivity contribution in [1.82, 2.24) is 0 Å². The van der Waals surface area contributed by atoms with E-state index in [2.05, 4.69) is 0 Å². The zero-order valence-corrected chi connectivity index (χ0v) is 33.1. The van der Waals surface area contributed by atoms with Crippen LogP contribution in [-0.4, -0.2) is 159 Å². The first kappa shape index (κ1) is 74.9. The maximum Gasteiger partial charge on any atom is 0.460 e. The van der Waals surface area contributed by atoms with E-state index in [1.807, 2.05) is 0 Å². The molecule has 0 aliphatic heterocycles. The van der Waals surface area contributed by atoms with Gasteiger partial charge in [0.25, 0.3) is 0 Å². The molecule has 0 amide bonds. The Morgan fingerprint density at radius 2 is 0.228 bits per heavy atom. The van der Waals surface area contributed by atoms with Crippen LogP contribution in [-0.2, 0) is 4.79 Å². The van der Waals surface area contributed by atoms with Crippen LogP contribution in [0, 0.1) is 0 Å². The number of hydrogen-bond donors (Lipinski definition) is 1. The largest absolute Gasteiger partial charge is 0.479 e. The van der Waals surface area contributed by atoms with Crippen LogP contribution < -0.4 is 0 Å². The number of hydrogen-bond acceptors (Lipinski definition) is 1. The predicted molar refractivity (Wildman–Crippen MR) is 132 cm³/mol. The Hall–Kier alpha value is -4.10. The van der Waals surface area contributed by atoms with Gasteiger partial charge in [0, 0.05) is 0 Å². The van der Waals surface area contributed by atoms with Gasteiger partial charge in [-0.05, 0) is 0 Å². The Labute approximate surface area is 389 Å². The van der Waals surface area contributed by atoms with Crippen LogP contribution in [0.3, 0.4) is 0 Å². The van der Waals surface area contributed by atoms with Crippen LogP contribution in [0.1, 0.15) is 0 Å². The monoisotopic (exact) mass is 1310 g/mol. The van der Waals surface area contributed by atoms with Gasteiger partial charge in [-0.15, -0.1) is 0 Å². The van der Waals surface area contributed by atoms with Gasteiger partial charge in [0.2, 0.25) is 0 Å². The second-order valence-corrected chi connectivity index (χ2v) is 14.6. The van der Waals surface area contributed by atoms with Crippen LogP contribution in [0.2, 0.25) is 0 Å². The van der Waals surface area contributed by atoms with Gasteiger partial charge in [0.15, 0.2) is 0 Å². The summed E-state index contributed by atoms with van der Waals surface area (Å²) in [5.41, 5.74) is -10.6. The number of halogens is 51. The fourth-order valence-electron chi connectivity index (χ4n) is 4.80. The number of alkyl halides is 51. The first-order valence-electron chi connectivity index (χ1n) is 16.3. The van der Waals surface area contributed by atoms with E-state index in [9.17, 15) is 229 Å². The molecule has 0 fully saturated rings. The molecule has 474 valence electrons. The molecule has 0 aromatic rings. The first-order chi connectivity index (χ1) is 32.9. The highest BCUT2D eigenvalue weighted by Crippen LogP contribution is 2.73. The number of aliphatic carboxylic acids is 1. The molecule has 0 saturated carbocycles. The maximum absolute atomic E-state index is 15.0. The van der Waals surface area contributed by atoms with Gasteiger partial charge in [0.05, 0.1) is 0 Å². The Kier molecular flexibility index (Phi) is 16.8. The van der Waals surface area contributed by atoms with Gasteiger partial charge in [-0.25, -0.2) is 9.18 Å². The van der Waals surface area contributed by atoms with E-state index >= 15 is 0 Å². The molecule has 0 atom stereocenters. The second kappa shape index (κ2) is 17.7. The molecule has 0 unspecified atom stereocenters. The highest BCUT2D eigenvalue weighted by atomic mass is 19.5. The number of carboxylic acid groups (broad SMARTS) is 1. The topological polar surface area (TPSA) is 37.3 Å². The molecule has 0 bridgehead atoms. The Morgan fingerprint density at radius 1 is 0.152 bits per heavy atom. The molecule has 0 saturated heterocycles. The summed E-state index contributed by atoms with van der Waals surface area (Å²) in [5, 5.41) is 8.16. The first-order valence-corrected chi connectivity index (χ1v) is 16.3. The lowest BCUT2D eigenvalue weighted by molar-refractivity contribution is -0.490. The fourth-order valence-corrected chi connectivity index (χ4v) is 4.80. The summed E-state index contributed by atoms with van der Waals surface area (Å²) in [4.78, 5) is 10.9. The van der Waals surface area contributed by atoms with Crippen molar-refractivity contribution < 1.29 is 234 Å². The maximum atomic E-state index is 15.0. The van der Waals surface area contributed by atoms with Gasteiger partial charge in [-0.2, -0.15) is 220 Å². The minimum Gasteiger partial charge on any atom is -0.479 e. The summed E-state index contributed by atoms with van der Waals surface area (Å²) < 4.78 is 700. The lowest BCUT2D eigenvalue weighted by atomic mass is 9.76. The highest BCUT2D eigenvalue weighted by Gasteiger charge is 3.05. The highest BCUT2D eigenvalue weighted by molar-refractivity contribution is 5.81. The molecule has 0 spiro atoms. The van der Waals surface area contributed by atoms with Crippen LogP contribution in [0.5, 0.6) is 0 Å². The van der Waals surface area contributed by atoms with Crippen molar-refractivity contribution in [3.05, 3.63) is 0 Å². The van der Waals surface area contributed by atoms with Crippen LogP contribution in [0.15, 0.2) is 0 Å². The van der Waals surface area contributed by atoms with E-state index in [1.54, 1.807) is 0 Å². The SMILES string of the molecule is O=C(O)C(F)(C(F)(F)C(F)(F)C(F)(F)C(F)(F)C(F)(F)C(F)(F)C(F)(F)C(F)(F)C(F)(F)C(F)(F)C(F)(F)C(F)(F)F)C(F)(F)C(F)(F)C(F)(F)C(F)(F)C(F)(F)C(F)(F)C(F)(F)C(F)(F)C(F)(F)C(F)(F)C(F)(F)C(F)(F)F. The zero-order valence-electron chi connectivity index (χ0n) is 33.1. The van der Waals surface area contributed by atoms with Gasteiger partial charge in [0.1, 0.15) is 0 Å². The number of carboxylic acids is 1. The molecule has 0 aliphatic carbocycles. The third-order valence-corrected chi connectivity index (χ3v) is 9.76. The van der Waals surface area contributed by atoms with E-state index < -0.39 is 154 Å². The van der Waals surface area contributed by atoms with Crippen molar-refractivity contribution >= 4 is 5.97 Å². The molecule has 1 N–H and O–H groups in total. The summed E-state index contributed by atoms with van der Waals surface area (Å²) in [6, 6.07) is 0. The molecular weight excluding hydrogens is 1310 g/mol. The third kappa shape index (κ3) is 8.05. The van der Waals surface area contributed by atoms with Crippen molar-refractivity contribution in [3.8, 4) is 0 Å². The van der Waals surface area contributed by atoms with Crippen molar-refractivity contribution in [2.45, 2.75) is 148 Å². The van der Waals surface area contributed by atoms with E-state index in [-0.39, 0.29) is 0 Å². The second-order valence-electron chi connectivity index (χ2n) is 14.6. The standard InChI is InChI=1S/C26HF51O2/c27-2(1(78)79,3(28,29)5(32,33)7(36,37)9(40,41)11(44,45)13(48,49)15(52,53)17(56,57)19(60,61)21(64,65)23(68,69)25(72,73)74)4(30,31)6(34,35)8(38,39)10(42,43)12(46,47)14(50,51)16(54,55)18(58,59)20(62,63)22(66,67)24(70,71)26(75,76)77/h(H,78,79). The minimum absolute atomic E-state index is 6.69. The molecule has 2 nitrogen and oxygen atoms in total. The third-order valence-electron chi connectivity index (χ3n) is 9.76. The van der Waals surface area contributed by atoms with E-state index in [0.29, 0.717) is 0 Å². The predicted octanol–water partition coefficient (Wildman–Crippen LogP) is 15.9. The van der Waals surface area contributed by atoms with Gasteiger partial charge < -0.3 is 5.11 Å². The number of rotatable bonds is 23. The van der Waals surface area contributed by atoms with Crippen LogP contribution >= 0.6 is 0 Å². The van der Waals surface area contributed by atoms with E-state index in [4.69, 9.17) is 5.11 Å². The normalized spacial score (nSPS) is 17.4. The molecule has 79 heavy (non-hydrogen) atoms. The van der Waals surface area contributed by atoms with Crippen LogP contribution in [0.4, 0.5) is 224 Å². The number of carbonyl (C=O) groups is 1. The molecule has 0 aliphatic rings. The molecule has 0 aromatic heterocycles. The van der Waals surface area contributed by atoms with Gasteiger partial charge in [-0.1, -0.05) is 0 Å². The lowest BCUT2D eigenvalue weighted by Crippen LogP contribution is -2.83. The smallest absolute Gasteiger partial charge is 0.460 e. The molecule has 0 aromatic carbocycles. The Morgan fingerprint density at radius 3 is 0.304 bits per heavy atom. The summed E-state index contributed by atoms with van der Waals surface area (Å²) in [6.07, 6.45) is -17.3. The molecule has 0 heterocycles. The van der Waals surface area contributed by atoms with Crippen molar-refractivity contribution in [1.29, 1.82) is 0 Å². The van der Waals surface area contributed by atoms with Gasteiger partial charge >= 0.3 is 154 Å². The van der Waals surface area contributed by atoms with Crippen LogP contribution in [0.25, 0.3) is 0 Å². The Balaban J connectivity index is 8.51. The van der Waals surface area contributed by atoms with E-state index in [1.165, 1.54) is 0 Å². The molecule has 0 rings (SSSR count). The zero-order chi connectivity index (χ0) is 66.1. The van der Waals surface area contributed by atoms with Crippen molar-refractivity contribution in [3.63, 3.8) is 0 Å². The Bertz CT molecular complexity index is 2100. The quantitative estimate of drug-likeness (QED) is 0.104. The fraction of sp³-hybridized carbons (Fsp3) is 0.962.